The summed E-state index contributed by atoms with van der Waals surface area (Å²) in [5.74, 6) is -1.65. The summed E-state index contributed by atoms with van der Waals surface area (Å²) in [7, 11) is 0. The Labute approximate surface area is 209 Å². The second-order valence-corrected chi connectivity index (χ2v) is 9.48. The Morgan fingerprint density at radius 3 is 2.81 bits per heavy atom. The number of hydrogen-bond acceptors (Lipinski definition) is 5. The summed E-state index contributed by atoms with van der Waals surface area (Å²) in [5, 5.41) is 11.6. The van der Waals surface area contributed by atoms with Gasteiger partial charge in [0.2, 0.25) is 0 Å². The zero-order chi connectivity index (χ0) is 25.6. The molecule has 0 bridgehead atoms. The largest absolute Gasteiger partial charge is 0.416 e. The first-order valence-electron chi connectivity index (χ1n) is 11.7. The number of benzene rings is 1. The van der Waals surface area contributed by atoms with Crippen LogP contribution >= 0.6 is 11.6 Å². The quantitative estimate of drug-likeness (QED) is 0.474. The monoisotopic (exact) mass is 525 g/mol. The molecule has 7 nitrogen and oxygen atoms in total. The van der Waals surface area contributed by atoms with Gasteiger partial charge in [-0.05, 0) is 43.4 Å². The second kappa shape index (κ2) is 9.51. The Hall–Kier alpha value is -2.92. The zero-order valence-electron chi connectivity index (χ0n) is 19.4. The molecular weight excluding hydrogens is 502 g/mol. The summed E-state index contributed by atoms with van der Waals surface area (Å²) in [6.45, 7) is 2.98. The van der Waals surface area contributed by atoms with Gasteiger partial charge in [-0.25, -0.2) is 4.39 Å². The standard InChI is InChI=1S/C24H24ClF4N5O2/c1-13(15-6-5-14(26)10-17(15)24(27,28)29)22-16-7-8-33(12-18(16)31-32-22)19-11-30-34(23(35)21(19)25)20-4-2-3-9-36-20/h5-6,10-11,13,20H,2-4,7-9,12H2,1H3,(H,31,32). The zero-order valence-corrected chi connectivity index (χ0v) is 20.2. The van der Waals surface area contributed by atoms with E-state index in [-0.39, 0.29) is 10.6 Å². The number of aromatic amines is 1. The van der Waals surface area contributed by atoms with Crippen molar-refractivity contribution in [3.8, 4) is 0 Å². The smallest absolute Gasteiger partial charge is 0.363 e. The van der Waals surface area contributed by atoms with Crippen LogP contribution in [0.15, 0.2) is 29.2 Å². The van der Waals surface area contributed by atoms with Crippen LogP contribution in [0.4, 0.5) is 23.2 Å². The lowest BCUT2D eigenvalue weighted by Crippen LogP contribution is -2.35. The fourth-order valence-electron chi connectivity index (χ4n) is 4.98. The van der Waals surface area contributed by atoms with Crippen LogP contribution in [0.25, 0.3) is 0 Å². The first-order chi connectivity index (χ1) is 17.1. The highest BCUT2D eigenvalue weighted by atomic mass is 35.5. The fraction of sp³-hybridized carbons (Fsp3) is 0.458. The topological polar surface area (TPSA) is 76.0 Å². The molecular formula is C24H24ClF4N5O2. The van der Waals surface area contributed by atoms with Gasteiger partial charge in [0.1, 0.15) is 10.8 Å². The van der Waals surface area contributed by atoms with E-state index in [0.717, 1.165) is 36.2 Å². The van der Waals surface area contributed by atoms with Crippen molar-refractivity contribution in [3.63, 3.8) is 0 Å². The third-order valence-corrected chi connectivity index (χ3v) is 7.21. The molecule has 4 heterocycles. The molecule has 2 aliphatic heterocycles. The van der Waals surface area contributed by atoms with Gasteiger partial charge in [-0.3, -0.25) is 9.89 Å². The molecule has 2 unspecified atom stereocenters. The van der Waals surface area contributed by atoms with Crippen molar-refractivity contribution in [1.29, 1.82) is 0 Å². The molecule has 0 radical (unpaired) electrons. The number of hydrogen-bond donors (Lipinski definition) is 1. The number of rotatable bonds is 4. The van der Waals surface area contributed by atoms with Crippen molar-refractivity contribution in [2.45, 2.75) is 57.5 Å². The van der Waals surface area contributed by atoms with E-state index in [0.29, 0.717) is 50.0 Å². The molecule has 1 saturated heterocycles. The molecule has 0 saturated carbocycles. The summed E-state index contributed by atoms with van der Waals surface area (Å²) in [5.41, 5.74) is 1.00. The lowest BCUT2D eigenvalue weighted by Gasteiger charge is -2.30. The molecule has 0 aliphatic carbocycles. The van der Waals surface area contributed by atoms with Gasteiger partial charge in [0.25, 0.3) is 5.56 Å². The van der Waals surface area contributed by atoms with E-state index in [2.05, 4.69) is 15.3 Å². The summed E-state index contributed by atoms with van der Waals surface area (Å²) in [6.07, 6.45) is -0.539. The minimum Gasteiger partial charge on any atom is -0.363 e. The van der Waals surface area contributed by atoms with E-state index in [1.807, 2.05) is 4.90 Å². The Balaban J connectivity index is 1.41. The maximum atomic E-state index is 13.6. The Bertz CT molecular complexity index is 1330. The number of aromatic nitrogens is 4. The van der Waals surface area contributed by atoms with Gasteiger partial charge in [-0.2, -0.15) is 28.1 Å². The first kappa shape index (κ1) is 24.8. The second-order valence-electron chi connectivity index (χ2n) is 9.10. The predicted octanol–water partition coefficient (Wildman–Crippen LogP) is 5.19. The van der Waals surface area contributed by atoms with E-state index in [1.165, 1.54) is 4.68 Å². The molecule has 5 rings (SSSR count). The molecule has 3 aromatic rings. The molecule has 0 amide bonds. The SMILES string of the molecule is CC(c1ccc(F)cc1C(F)(F)F)c1n[nH]c2c1CCN(c1cnn(C3CCCCO3)c(=O)c1Cl)C2. The van der Waals surface area contributed by atoms with Gasteiger partial charge in [0.15, 0.2) is 6.23 Å². The molecule has 192 valence electrons. The van der Waals surface area contributed by atoms with Crippen molar-refractivity contribution < 1.29 is 22.3 Å². The minimum atomic E-state index is -4.69. The number of nitrogens with zero attached hydrogens (tertiary/aromatic N) is 4. The summed E-state index contributed by atoms with van der Waals surface area (Å²) < 4.78 is 61.2. The molecule has 0 spiro atoms. The highest BCUT2D eigenvalue weighted by Crippen LogP contribution is 2.39. The van der Waals surface area contributed by atoms with Gasteiger partial charge >= 0.3 is 6.18 Å². The van der Waals surface area contributed by atoms with Crippen LogP contribution in [0.2, 0.25) is 5.02 Å². The van der Waals surface area contributed by atoms with Crippen molar-refractivity contribution in [2.75, 3.05) is 18.1 Å². The summed E-state index contributed by atoms with van der Waals surface area (Å²) in [4.78, 5) is 14.8. The molecule has 2 aliphatic rings. The van der Waals surface area contributed by atoms with E-state index in [1.54, 1.807) is 13.1 Å². The lowest BCUT2D eigenvalue weighted by atomic mass is 9.88. The number of anilines is 1. The summed E-state index contributed by atoms with van der Waals surface area (Å²) in [6, 6.07) is 2.70. The highest BCUT2D eigenvalue weighted by molar-refractivity contribution is 6.33. The Morgan fingerprint density at radius 2 is 2.08 bits per heavy atom. The van der Waals surface area contributed by atoms with Gasteiger partial charge < -0.3 is 9.64 Å². The van der Waals surface area contributed by atoms with Crippen molar-refractivity contribution in [1.82, 2.24) is 20.0 Å². The fourth-order valence-corrected chi connectivity index (χ4v) is 5.24. The predicted molar refractivity (Wildman–Crippen MR) is 125 cm³/mol. The van der Waals surface area contributed by atoms with Crippen LogP contribution in [0.1, 0.15) is 66.4 Å². The minimum absolute atomic E-state index is 0.0388. The van der Waals surface area contributed by atoms with Crippen molar-refractivity contribution in [3.05, 3.63) is 73.7 Å². The molecule has 1 aromatic carbocycles. The van der Waals surface area contributed by atoms with E-state index >= 15 is 0 Å². The molecule has 2 aromatic heterocycles. The number of nitrogens with one attached hydrogen (secondary N) is 1. The maximum absolute atomic E-state index is 13.6. The molecule has 12 heteroatoms. The normalized spacial score (nSPS) is 19.3. The summed E-state index contributed by atoms with van der Waals surface area (Å²) >= 11 is 6.45. The Kier molecular flexibility index (Phi) is 6.54. The van der Waals surface area contributed by atoms with Crippen molar-refractivity contribution in [2.24, 2.45) is 0 Å². The molecule has 36 heavy (non-hydrogen) atoms. The maximum Gasteiger partial charge on any atom is 0.416 e. The van der Waals surface area contributed by atoms with Crippen LogP contribution in [-0.2, 0) is 23.9 Å². The van der Waals surface area contributed by atoms with Crippen LogP contribution in [0, 0.1) is 5.82 Å². The Morgan fingerprint density at radius 1 is 1.28 bits per heavy atom. The number of alkyl halides is 3. The average Bonchev–Trinajstić information content (AvgIpc) is 3.28. The van der Waals surface area contributed by atoms with Crippen molar-refractivity contribution >= 4 is 17.3 Å². The van der Waals surface area contributed by atoms with Gasteiger partial charge in [0.05, 0.1) is 35.4 Å². The first-order valence-corrected chi connectivity index (χ1v) is 12.1. The molecule has 2 atom stereocenters. The van der Waals surface area contributed by atoms with Gasteiger partial charge in [-0.1, -0.05) is 24.6 Å². The lowest BCUT2D eigenvalue weighted by molar-refractivity contribution is -0.138. The van der Waals surface area contributed by atoms with Gasteiger partial charge in [-0.15, -0.1) is 0 Å². The van der Waals surface area contributed by atoms with Gasteiger partial charge in [0, 0.05) is 24.6 Å². The van der Waals surface area contributed by atoms with Crippen LogP contribution < -0.4 is 10.5 Å². The third-order valence-electron chi connectivity index (χ3n) is 6.86. The van der Waals surface area contributed by atoms with E-state index in [9.17, 15) is 22.4 Å². The van der Waals surface area contributed by atoms with Crippen LogP contribution in [0.3, 0.4) is 0 Å². The third kappa shape index (κ3) is 4.50. The molecule has 1 N–H and O–H groups in total. The number of ether oxygens (including phenoxy) is 1. The van der Waals surface area contributed by atoms with E-state index < -0.39 is 35.3 Å². The molecule has 1 fully saturated rings. The number of H-pyrrole nitrogens is 1. The highest BCUT2D eigenvalue weighted by Gasteiger charge is 2.37. The average molecular weight is 526 g/mol. The van der Waals surface area contributed by atoms with Crippen LogP contribution in [-0.4, -0.2) is 33.1 Å². The number of halogens is 5. The van der Waals surface area contributed by atoms with Crippen LogP contribution in [0.5, 0.6) is 0 Å². The number of fused-ring (bicyclic) bond motifs is 1. The van der Waals surface area contributed by atoms with E-state index in [4.69, 9.17) is 16.3 Å².